The Kier molecular flexibility index (Phi) is 39.5. The second-order valence-corrected chi connectivity index (χ2v) is 3.80. The number of allylic oxidation sites excluding steroid dienone is 4. The molecule has 0 aliphatic heterocycles. The maximum atomic E-state index is 7.27. The summed E-state index contributed by atoms with van der Waals surface area (Å²) in [4.78, 5) is 0. The molecule has 1 N–H and O–H groups in total. The van der Waals surface area contributed by atoms with Crippen molar-refractivity contribution in [1.29, 1.82) is 0 Å². The van der Waals surface area contributed by atoms with Crippen molar-refractivity contribution in [1.82, 2.24) is 0 Å². The Morgan fingerprint density at radius 3 is 1.74 bits per heavy atom. The molecule has 0 atom stereocenters. The fourth-order valence-electron chi connectivity index (χ4n) is 1.62. The van der Waals surface area contributed by atoms with E-state index < -0.39 is 0 Å². The van der Waals surface area contributed by atoms with Gasteiger partial charge in [0.2, 0.25) is 0 Å². The van der Waals surface area contributed by atoms with E-state index >= 15 is 0 Å². The number of hydrogen-bond acceptors (Lipinski definition) is 0. The zero-order valence-corrected chi connectivity index (χ0v) is 17.6. The van der Waals surface area contributed by atoms with Crippen molar-refractivity contribution in [2.24, 2.45) is 0 Å². The van der Waals surface area contributed by atoms with Gasteiger partial charge in [0.1, 0.15) is 0 Å². The maximum absolute atomic E-state index is 7.27. The van der Waals surface area contributed by atoms with Gasteiger partial charge < -0.3 is 35.4 Å². The molecule has 1 fully saturated rings. The standard InChI is InChI=1S/C6H12N.C6H7.4CH3.H2Si.Zr/c7-6-4-2-1-3-5-6;1-6-4-2-3-5-6;;;;;;/h6-7H,1-5H2;2,4H,3H2,1H3;4*1H3;1H2;/q6*-1;;. The van der Waals surface area contributed by atoms with Gasteiger partial charge in [-0.2, -0.15) is 6.08 Å². The van der Waals surface area contributed by atoms with Crippen LogP contribution in [0.5, 0.6) is 0 Å². The van der Waals surface area contributed by atoms with Gasteiger partial charge in [-0.15, -0.1) is 12.5 Å². The molecule has 0 spiro atoms. The molecule has 2 aliphatic carbocycles. The van der Waals surface area contributed by atoms with Gasteiger partial charge in [0.15, 0.2) is 0 Å². The summed E-state index contributed by atoms with van der Waals surface area (Å²) in [6, 6.07) is 0.286. The molecule has 1 saturated carbocycles. The van der Waals surface area contributed by atoms with Gasteiger partial charge in [-0.3, -0.25) is 6.08 Å². The quantitative estimate of drug-likeness (QED) is 0.432. The Balaban J connectivity index is -0.0000000515. The van der Waals surface area contributed by atoms with Gasteiger partial charge in [0.05, 0.1) is 0 Å². The second kappa shape index (κ2) is 23.6. The first-order chi connectivity index (χ1) is 7.29. The van der Waals surface area contributed by atoms with Crippen LogP contribution in [0.4, 0.5) is 0 Å². The van der Waals surface area contributed by atoms with Crippen LogP contribution in [0, 0.1) is 35.8 Å². The molecule has 1 nitrogen and oxygen atoms in total. The molecule has 0 radical (unpaired) electrons. The van der Waals surface area contributed by atoms with E-state index in [4.69, 9.17) is 5.73 Å². The summed E-state index contributed by atoms with van der Waals surface area (Å²) in [5.74, 6) is 0. The van der Waals surface area contributed by atoms with Crippen molar-refractivity contribution in [3.8, 4) is 0 Å². The van der Waals surface area contributed by atoms with E-state index in [1.165, 1.54) is 24.8 Å². The molecule has 0 unspecified atom stereocenters. The molecule has 0 amide bonds. The SMILES string of the molecule is CC1=[C-]CC=C1.[CH3-].[CH3-].[CH3-].[CH3-].[NH-]C1CCCCC1.[SiH2]=[Zr]. The van der Waals surface area contributed by atoms with E-state index in [-0.39, 0.29) is 35.7 Å². The van der Waals surface area contributed by atoms with Gasteiger partial charge in [-0.1, -0.05) is 39.0 Å². The minimum atomic E-state index is 0. The molecule has 0 aromatic carbocycles. The molecular weight excluding hydrogens is 325 g/mol. The van der Waals surface area contributed by atoms with E-state index in [2.05, 4.69) is 25.2 Å². The Morgan fingerprint density at radius 2 is 1.58 bits per heavy atom. The monoisotopic (exact) mass is 357 g/mol. The third-order valence-electron chi connectivity index (χ3n) is 2.47. The molecule has 3 heteroatoms. The molecule has 116 valence electrons. The topological polar surface area (TPSA) is 23.8 Å². The molecule has 0 aromatic heterocycles. The zero-order chi connectivity index (χ0) is 11.5. The van der Waals surface area contributed by atoms with Crippen molar-refractivity contribution < 1.29 is 23.3 Å². The van der Waals surface area contributed by atoms with Crippen molar-refractivity contribution in [2.45, 2.75) is 51.5 Å². The first-order valence-electron chi connectivity index (χ1n) is 5.59. The van der Waals surface area contributed by atoms with Gasteiger partial charge in [-0.05, 0) is 0 Å². The molecule has 0 saturated heterocycles. The van der Waals surface area contributed by atoms with Crippen LogP contribution < -0.4 is 0 Å². The Bertz CT molecular complexity index is 206. The first-order valence-corrected chi connectivity index (χ1v) is 11.5. The predicted octanol–water partition coefficient (Wildman–Crippen LogP) is 4.95. The Morgan fingerprint density at radius 1 is 1.11 bits per heavy atom. The van der Waals surface area contributed by atoms with Crippen molar-refractivity contribution in [3.63, 3.8) is 0 Å². The van der Waals surface area contributed by atoms with E-state index in [1.54, 1.807) is 23.3 Å². The second-order valence-electron chi connectivity index (χ2n) is 3.80. The normalized spacial score (nSPS) is 15.3. The molecule has 0 heterocycles. The van der Waals surface area contributed by atoms with Crippen molar-refractivity contribution in [3.05, 3.63) is 59.2 Å². The van der Waals surface area contributed by atoms with Gasteiger partial charge in [0, 0.05) is 0 Å². The van der Waals surface area contributed by atoms with E-state index in [9.17, 15) is 0 Å². The van der Waals surface area contributed by atoms with Crippen LogP contribution in [0.3, 0.4) is 0 Å². The Labute approximate surface area is 140 Å². The third kappa shape index (κ3) is 21.0. The number of nitrogens with one attached hydrogen (secondary N) is 1. The summed E-state index contributed by atoms with van der Waals surface area (Å²) >= 11 is 1.58. The molecular formula is C16H33NSiZr-6. The summed E-state index contributed by atoms with van der Waals surface area (Å²) in [5.41, 5.74) is 8.55. The van der Waals surface area contributed by atoms with Crippen molar-refractivity contribution >= 4 is 6.88 Å². The summed E-state index contributed by atoms with van der Waals surface area (Å²) < 4.78 is 0. The molecule has 2 aliphatic rings. The van der Waals surface area contributed by atoms with Crippen LogP contribution in [-0.2, 0) is 23.3 Å². The molecule has 19 heavy (non-hydrogen) atoms. The third-order valence-corrected chi connectivity index (χ3v) is 2.47. The average molecular weight is 359 g/mol. The van der Waals surface area contributed by atoms with E-state index in [0.29, 0.717) is 0 Å². The number of rotatable bonds is 0. The average Bonchev–Trinajstić information content (AvgIpc) is 2.74. The molecule has 2 rings (SSSR count). The van der Waals surface area contributed by atoms with Crippen LogP contribution in [0.1, 0.15) is 45.4 Å². The van der Waals surface area contributed by atoms with Crippen LogP contribution in [0.25, 0.3) is 5.73 Å². The van der Waals surface area contributed by atoms with Gasteiger partial charge in [0.25, 0.3) is 0 Å². The molecule has 0 bridgehead atoms. The molecule has 0 aromatic rings. The first kappa shape index (κ1) is 31.8. The fourth-order valence-corrected chi connectivity index (χ4v) is 1.62. The summed E-state index contributed by atoms with van der Waals surface area (Å²) in [5, 5.41) is 0. The van der Waals surface area contributed by atoms with Crippen LogP contribution in [0.2, 0.25) is 0 Å². The fraction of sp³-hybridized carbons (Fsp3) is 0.500. The van der Waals surface area contributed by atoms with Crippen LogP contribution >= 0.6 is 0 Å². The number of hydrogen-bond donors (Lipinski definition) is 0. The summed E-state index contributed by atoms with van der Waals surface area (Å²) in [7, 11) is 0. The van der Waals surface area contributed by atoms with E-state index in [0.717, 1.165) is 19.3 Å². The van der Waals surface area contributed by atoms with Gasteiger partial charge >= 0.3 is 30.2 Å². The van der Waals surface area contributed by atoms with Crippen LogP contribution in [-0.4, -0.2) is 12.9 Å². The minimum absolute atomic E-state index is 0. The van der Waals surface area contributed by atoms with Gasteiger partial charge in [-0.25, -0.2) is 11.6 Å². The predicted molar refractivity (Wildman–Crippen MR) is 91.6 cm³/mol. The summed E-state index contributed by atoms with van der Waals surface area (Å²) in [6.07, 6.45) is 14.6. The van der Waals surface area contributed by atoms with Crippen molar-refractivity contribution in [2.75, 3.05) is 0 Å². The summed E-state index contributed by atoms with van der Waals surface area (Å²) in [6.45, 7) is 4.01. The Hall–Kier alpha value is 0.540. The van der Waals surface area contributed by atoms with E-state index in [1.807, 2.05) is 6.88 Å². The zero-order valence-electron chi connectivity index (χ0n) is 13.7. The van der Waals surface area contributed by atoms with Crippen LogP contribution in [0.15, 0.2) is 17.7 Å².